The molecule has 0 aromatic carbocycles. The Bertz CT molecular complexity index is 122. The van der Waals surface area contributed by atoms with Gasteiger partial charge < -0.3 is 0 Å². The third-order valence-electron chi connectivity index (χ3n) is 2.37. The second kappa shape index (κ2) is 3.80. The average molecular weight is 137 g/mol. The van der Waals surface area contributed by atoms with Gasteiger partial charge in [0, 0.05) is 0 Å². The van der Waals surface area contributed by atoms with E-state index in [4.69, 9.17) is 0 Å². The van der Waals surface area contributed by atoms with E-state index in [2.05, 4.69) is 19.9 Å². The molecule has 0 heteroatoms. The van der Waals surface area contributed by atoms with Crippen molar-refractivity contribution in [2.45, 2.75) is 39.0 Å². The van der Waals surface area contributed by atoms with E-state index in [1.807, 2.05) is 0 Å². The Hall–Kier alpha value is -0.260. The van der Waals surface area contributed by atoms with Crippen molar-refractivity contribution in [2.24, 2.45) is 5.92 Å². The minimum atomic E-state index is 0.597. The van der Waals surface area contributed by atoms with Crippen LogP contribution in [0.3, 0.4) is 0 Å². The lowest BCUT2D eigenvalue weighted by atomic mass is 9.92. The van der Waals surface area contributed by atoms with Crippen molar-refractivity contribution in [2.75, 3.05) is 0 Å². The normalized spacial score (nSPS) is 33.8. The standard InChI is InChI=1S/C10H17/c1-9-7-5-3-4-6-8-10(9)2/h8-9H,1,3-7H2,2H3/b10-8-. The summed E-state index contributed by atoms with van der Waals surface area (Å²) in [4.78, 5) is 0. The van der Waals surface area contributed by atoms with E-state index in [9.17, 15) is 0 Å². The van der Waals surface area contributed by atoms with Gasteiger partial charge in [-0.15, -0.1) is 0 Å². The highest BCUT2D eigenvalue weighted by Gasteiger charge is 2.05. The molecular formula is C10H17. The van der Waals surface area contributed by atoms with Crippen LogP contribution < -0.4 is 0 Å². The van der Waals surface area contributed by atoms with Gasteiger partial charge in [0.15, 0.2) is 0 Å². The van der Waals surface area contributed by atoms with Crippen LogP contribution in [0, 0.1) is 12.8 Å². The molecule has 0 spiro atoms. The average Bonchev–Trinajstić information content (AvgIpc) is 1.92. The van der Waals surface area contributed by atoms with E-state index in [-0.39, 0.29) is 0 Å². The van der Waals surface area contributed by atoms with E-state index in [1.165, 1.54) is 37.7 Å². The van der Waals surface area contributed by atoms with Crippen LogP contribution in [0.5, 0.6) is 0 Å². The summed E-state index contributed by atoms with van der Waals surface area (Å²) in [6.07, 6.45) is 9.08. The van der Waals surface area contributed by atoms with Crippen molar-refractivity contribution >= 4 is 0 Å². The minimum absolute atomic E-state index is 0.597. The molecule has 1 aliphatic carbocycles. The maximum atomic E-state index is 4.11. The summed E-state index contributed by atoms with van der Waals surface area (Å²) >= 11 is 0. The summed E-state index contributed by atoms with van der Waals surface area (Å²) in [5.74, 6) is 0.597. The van der Waals surface area contributed by atoms with Gasteiger partial charge in [-0.1, -0.05) is 24.5 Å². The van der Waals surface area contributed by atoms with E-state index >= 15 is 0 Å². The Labute approximate surface area is 64.3 Å². The highest BCUT2D eigenvalue weighted by molar-refractivity contribution is 5.05. The number of hydrogen-bond donors (Lipinski definition) is 0. The van der Waals surface area contributed by atoms with E-state index in [1.54, 1.807) is 0 Å². The zero-order chi connectivity index (χ0) is 7.40. The van der Waals surface area contributed by atoms with Crippen molar-refractivity contribution in [3.63, 3.8) is 0 Å². The molecule has 0 N–H and O–H groups in total. The largest absolute Gasteiger partial charge is 0.0853 e. The van der Waals surface area contributed by atoms with Crippen molar-refractivity contribution in [3.05, 3.63) is 18.6 Å². The van der Waals surface area contributed by atoms with Crippen molar-refractivity contribution in [1.82, 2.24) is 0 Å². The van der Waals surface area contributed by atoms with Gasteiger partial charge in [-0.2, -0.15) is 0 Å². The van der Waals surface area contributed by atoms with Gasteiger partial charge in [-0.25, -0.2) is 0 Å². The third-order valence-corrected chi connectivity index (χ3v) is 2.37. The number of allylic oxidation sites excluding steroid dienone is 2. The highest BCUT2D eigenvalue weighted by atomic mass is 14.1. The second-order valence-corrected chi connectivity index (χ2v) is 3.28. The summed E-state index contributed by atoms with van der Waals surface area (Å²) in [5, 5.41) is 0. The lowest BCUT2D eigenvalue weighted by Gasteiger charge is -2.14. The molecule has 57 valence electrons. The molecule has 0 nitrogen and oxygen atoms in total. The number of rotatable bonds is 0. The fraction of sp³-hybridized carbons (Fsp3) is 0.700. The molecule has 1 rings (SSSR count). The van der Waals surface area contributed by atoms with Crippen molar-refractivity contribution in [3.8, 4) is 0 Å². The Kier molecular flexibility index (Phi) is 2.98. The molecule has 10 heavy (non-hydrogen) atoms. The zero-order valence-electron chi connectivity index (χ0n) is 6.90. The molecule has 0 aromatic heterocycles. The summed E-state index contributed by atoms with van der Waals surface area (Å²) in [7, 11) is 0. The van der Waals surface area contributed by atoms with E-state index < -0.39 is 0 Å². The van der Waals surface area contributed by atoms with Crippen molar-refractivity contribution in [1.29, 1.82) is 0 Å². The maximum Gasteiger partial charge on any atom is -0.0206 e. The Morgan fingerprint density at radius 3 is 3.00 bits per heavy atom. The first-order valence-corrected chi connectivity index (χ1v) is 4.30. The molecule has 1 aliphatic rings. The lowest BCUT2D eigenvalue weighted by Crippen LogP contribution is -1.99. The molecule has 0 amide bonds. The summed E-state index contributed by atoms with van der Waals surface area (Å²) < 4.78 is 0. The lowest BCUT2D eigenvalue weighted by molar-refractivity contribution is 0.560. The first kappa shape index (κ1) is 7.84. The maximum absolute atomic E-state index is 4.11. The predicted molar refractivity (Wildman–Crippen MR) is 45.7 cm³/mol. The van der Waals surface area contributed by atoms with Crippen LogP contribution in [0.15, 0.2) is 11.6 Å². The SMILES string of the molecule is [CH2]C1CCCCC/C=C\1C. The predicted octanol–water partition coefficient (Wildman–Crippen LogP) is 3.35. The fourth-order valence-corrected chi connectivity index (χ4v) is 1.44. The molecular weight excluding hydrogens is 120 g/mol. The van der Waals surface area contributed by atoms with E-state index in [0.29, 0.717) is 5.92 Å². The Morgan fingerprint density at radius 1 is 1.40 bits per heavy atom. The molecule has 0 bridgehead atoms. The van der Waals surface area contributed by atoms with Gasteiger partial charge in [0.25, 0.3) is 0 Å². The highest BCUT2D eigenvalue weighted by Crippen LogP contribution is 2.21. The Morgan fingerprint density at radius 2 is 2.20 bits per heavy atom. The van der Waals surface area contributed by atoms with Crippen LogP contribution in [0.25, 0.3) is 0 Å². The third kappa shape index (κ3) is 2.17. The van der Waals surface area contributed by atoms with Crippen LogP contribution in [0.2, 0.25) is 0 Å². The first-order valence-electron chi connectivity index (χ1n) is 4.30. The van der Waals surface area contributed by atoms with Gasteiger partial charge in [0.1, 0.15) is 0 Å². The van der Waals surface area contributed by atoms with Crippen LogP contribution in [0.1, 0.15) is 39.0 Å². The fourth-order valence-electron chi connectivity index (χ4n) is 1.44. The summed E-state index contributed by atoms with van der Waals surface area (Å²) in [6.45, 7) is 6.32. The van der Waals surface area contributed by atoms with Crippen LogP contribution in [-0.4, -0.2) is 0 Å². The number of hydrogen-bond acceptors (Lipinski definition) is 0. The smallest absolute Gasteiger partial charge is 0.0206 e. The van der Waals surface area contributed by atoms with Crippen LogP contribution >= 0.6 is 0 Å². The molecule has 0 saturated carbocycles. The monoisotopic (exact) mass is 137 g/mol. The quantitative estimate of drug-likeness (QED) is 0.449. The van der Waals surface area contributed by atoms with Gasteiger partial charge in [-0.3, -0.25) is 0 Å². The van der Waals surface area contributed by atoms with Gasteiger partial charge in [-0.05, 0) is 39.0 Å². The van der Waals surface area contributed by atoms with Gasteiger partial charge in [0.2, 0.25) is 0 Å². The molecule has 0 aliphatic heterocycles. The summed E-state index contributed by atoms with van der Waals surface area (Å²) in [6, 6.07) is 0. The molecule has 1 unspecified atom stereocenters. The molecule has 1 radical (unpaired) electrons. The van der Waals surface area contributed by atoms with E-state index in [0.717, 1.165) is 0 Å². The van der Waals surface area contributed by atoms with Crippen LogP contribution in [0.4, 0.5) is 0 Å². The second-order valence-electron chi connectivity index (χ2n) is 3.28. The summed E-state index contributed by atoms with van der Waals surface area (Å²) in [5.41, 5.74) is 1.50. The molecule has 0 aromatic rings. The minimum Gasteiger partial charge on any atom is -0.0853 e. The zero-order valence-corrected chi connectivity index (χ0v) is 6.90. The Balaban J connectivity index is 2.48. The molecule has 0 fully saturated rings. The van der Waals surface area contributed by atoms with Crippen molar-refractivity contribution < 1.29 is 0 Å². The first-order chi connectivity index (χ1) is 4.80. The topological polar surface area (TPSA) is 0 Å². The molecule has 0 heterocycles. The molecule has 0 saturated heterocycles. The van der Waals surface area contributed by atoms with Crippen LogP contribution in [-0.2, 0) is 0 Å². The molecule has 1 atom stereocenters. The van der Waals surface area contributed by atoms with Gasteiger partial charge in [0.05, 0.1) is 0 Å². The van der Waals surface area contributed by atoms with Gasteiger partial charge >= 0.3 is 0 Å².